The number of anilines is 1. The van der Waals surface area contributed by atoms with E-state index >= 15 is 0 Å². The number of likely N-dealkylation sites (N-methyl/N-ethyl adjacent to an activating group) is 1. The smallest absolute Gasteiger partial charge is 0.125 e. The topological polar surface area (TPSA) is 23.5 Å². The zero-order valence-corrected chi connectivity index (χ0v) is 11.2. The largest absolute Gasteiger partial charge is 0.508 e. The fraction of sp³-hybridized carbons (Fsp3) is 0.250. The van der Waals surface area contributed by atoms with Crippen molar-refractivity contribution in [3.63, 3.8) is 0 Å². The minimum absolute atomic E-state index is 0.221. The maximum atomic E-state index is 13.2. The van der Waals surface area contributed by atoms with Crippen LogP contribution in [0.4, 0.5) is 10.1 Å². The van der Waals surface area contributed by atoms with Crippen LogP contribution in [-0.2, 0) is 6.42 Å². The lowest BCUT2D eigenvalue weighted by Gasteiger charge is -2.27. The molecule has 0 saturated heterocycles. The van der Waals surface area contributed by atoms with Crippen LogP contribution in [0.2, 0.25) is 0 Å². The van der Waals surface area contributed by atoms with E-state index in [9.17, 15) is 9.50 Å². The average Bonchev–Trinajstić information content (AvgIpc) is 2.40. The highest BCUT2D eigenvalue weighted by Gasteiger charge is 2.11. The first-order valence-electron chi connectivity index (χ1n) is 6.32. The van der Waals surface area contributed by atoms with Gasteiger partial charge in [-0.15, -0.1) is 0 Å². The van der Waals surface area contributed by atoms with Gasteiger partial charge < -0.3 is 10.0 Å². The molecule has 2 aromatic rings. The zero-order valence-electron chi connectivity index (χ0n) is 11.2. The van der Waals surface area contributed by atoms with Crippen LogP contribution in [0.5, 0.6) is 5.75 Å². The van der Waals surface area contributed by atoms with Gasteiger partial charge in [0.05, 0.1) is 0 Å². The van der Waals surface area contributed by atoms with Crippen molar-refractivity contribution in [1.82, 2.24) is 0 Å². The molecule has 1 atom stereocenters. The van der Waals surface area contributed by atoms with Crippen LogP contribution in [0.1, 0.15) is 12.5 Å². The van der Waals surface area contributed by atoms with E-state index < -0.39 is 0 Å². The van der Waals surface area contributed by atoms with Gasteiger partial charge in [-0.1, -0.05) is 18.2 Å². The number of phenolic OH excluding ortho intramolecular Hbond substituents is 1. The average molecular weight is 259 g/mol. The van der Waals surface area contributed by atoms with Crippen LogP contribution in [0.3, 0.4) is 0 Å². The molecule has 0 amide bonds. The second-order valence-electron chi connectivity index (χ2n) is 4.81. The summed E-state index contributed by atoms with van der Waals surface area (Å²) in [5.74, 6) is 0.0519. The van der Waals surface area contributed by atoms with E-state index in [0.29, 0.717) is 0 Å². The van der Waals surface area contributed by atoms with E-state index in [-0.39, 0.29) is 17.6 Å². The molecular formula is C16H18FNO. The van der Waals surface area contributed by atoms with Crippen molar-refractivity contribution in [2.24, 2.45) is 0 Å². The molecule has 19 heavy (non-hydrogen) atoms. The molecule has 1 unspecified atom stereocenters. The maximum absolute atomic E-state index is 13.2. The summed E-state index contributed by atoms with van der Waals surface area (Å²) in [6.45, 7) is 2.10. The summed E-state index contributed by atoms with van der Waals surface area (Å²) in [6.07, 6.45) is 0.841. The fourth-order valence-corrected chi connectivity index (χ4v) is 2.06. The number of aromatic hydroxyl groups is 1. The highest BCUT2D eigenvalue weighted by atomic mass is 19.1. The van der Waals surface area contributed by atoms with E-state index in [1.165, 1.54) is 12.1 Å². The Morgan fingerprint density at radius 2 is 1.84 bits per heavy atom. The Morgan fingerprint density at radius 3 is 2.47 bits per heavy atom. The van der Waals surface area contributed by atoms with Crippen molar-refractivity contribution in [3.8, 4) is 5.75 Å². The van der Waals surface area contributed by atoms with Crippen LogP contribution in [0, 0.1) is 5.82 Å². The van der Waals surface area contributed by atoms with Gasteiger partial charge in [0.2, 0.25) is 0 Å². The van der Waals surface area contributed by atoms with Crippen LogP contribution in [0.25, 0.3) is 0 Å². The SMILES string of the molecule is CC(Cc1ccc(O)cc1)N(C)c1cccc(F)c1. The summed E-state index contributed by atoms with van der Waals surface area (Å²) in [5.41, 5.74) is 2.01. The van der Waals surface area contributed by atoms with Gasteiger partial charge in [-0.2, -0.15) is 0 Å². The summed E-state index contributed by atoms with van der Waals surface area (Å²) < 4.78 is 13.2. The summed E-state index contributed by atoms with van der Waals surface area (Å²) in [6, 6.07) is 14.0. The molecule has 0 aliphatic heterocycles. The van der Waals surface area contributed by atoms with Crippen LogP contribution >= 0.6 is 0 Å². The lowest BCUT2D eigenvalue weighted by molar-refractivity contribution is 0.475. The van der Waals surface area contributed by atoms with Gasteiger partial charge in [-0.05, 0) is 49.2 Å². The highest BCUT2D eigenvalue weighted by Crippen LogP contribution is 2.19. The van der Waals surface area contributed by atoms with Gasteiger partial charge in [-0.25, -0.2) is 4.39 Å². The van der Waals surface area contributed by atoms with Gasteiger partial charge in [0.25, 0.3) is 0 Å². The minimum atomic E-state index is -0.221. The third kappa shape index (κ3) is 3.47. The van der Waals surface area contributed by atoms with Gasteiger partial charge in [-0.3, -0.25) is 0 Å². The van der Waals surface area contributed by atoms with Crippen LogP contribution in [0.15, 0.2) is 48.5 Å². The molecule has 1 N–H and O–H groups in total. The lowest BCUT2D eigenvalue weighted by Crippen LogP contribution is -2.30. The molecule has 3 heteroatoms. The third-order valence-electron chi connectivity index (χ3n) is 3.34. The summed E-state index contributed by atoms with van der Waals surface area (Å²) in [5, 5.41) is 9.26. The number of nitrogens with zero attached hydrogens (tertiary/aromatic N) is 1. The van der Waals surface area contributed by atoms with Crippen molar-refractivity contribution in [3.05, 3.63) is 59.9 Å². The number of phenols is 1. The number of hydrogen-bond donors (Lipinski definition) is 1. The van der Waals surface area contributed by atoms with Gasteiger partial charge >= 0.3 is 0 Å². The fourth-order valence-electron chi connectivity index (χ4n) is 2.06. The Bertz CT molecular complexity index is 539. The van der Waals surface area contributed by atoms with Crippen molar-refractivity contribution in [2.75, 3.05) is 11.9 Å². The number of hydrogen-bond acceptors (Lipinski definition) is 2. The predicted molar refractivity (Wildman–Crippen MR) is 76.1 cm³/mol. The Morgan fingerprint density at radius 1 is 1.16 bits per heavy atom. The number of benzene rings is 2. The molecule has 0 aromatic heterocycles. The zero-order chi connectivity index (χ0) is 13.8. The molecule has 0 aliphatic rings. The molecule has 0 bridgehead atoms. The van der Waals surface area contributed by atoms with Crippen LogP contribution < -0.4 is 4.90 Å². The summed E-state index contributed by atoms with van der Waals surface area (Å²) in [7, 11) is 1.96. The highest BCUT2D eigenvalue weighted by molar-refractivity contribution is 5.46. The first-order chi connectivity index (χ1) is 9.06. The Hall–Kier alpha value is -2.03. The van der Waals surface area contributed by atoms with Crippen molar-refractivity contribution >= 4 is 5.69 Å². The molecule has 2 aromatic carbocycles. The first kappa shape index (κ1) is 13.4. The molecule has 0 fully saturated rings. The standard InChI is InChI=1S/C16H18FNO/c1-12(10-13-6-8-16(19)9-7-13)18(2)15-5-3-4-14(17)11-15/h3-9,11-12,19H,10H2,1-2H3. The maximum Gasteiger partial charge on any atom is 0.125 e. The normalized spacial score (nSPS) is 12.2. The van der Waals surface area contributed by atoms with E-state index in [1.807, 2.05) is 25.2 Å². The van der Waals surface area contributed by atoms with E-state index in [1.54, 1.807) is 18.2 Å². The van der Waals surface area contributed by atoms with E-state index in [4.69, 9.17) is 0 Å². The van der Waals surface area contributed by atoms with Crippen LogP contribution in [-0.4, -0.2) is 18.2 Å². The van der Waals surface area contributed by atoms with Gasteiger partial charge in [0, 0.05) is 18.8 Å². The Balaban J connectivity index is 2.07. The Kier molecular flexibility index (Phi) is 4.05. The molecule has 0 spiro atoms. The third-order valence-corrected chi connectivity index (χ3v) is 3.34. The van der Waals surface area contributed by atoms with Crippen molar-refractivity contribution in [1.29, 1.82) is 0 Å². The molecule has 0 saturated carbocycles. The van der Waals surface area contributed by atoms with E-state index in [0.717, 1.165) is 17.7 Å². The molecular weight excluding hydrogens is 241 g/mol. The second kappa shape index (κ2) is 5.74. The predicted octanol–water partition coefficient (Wildman–Crippen LogP) is 3.60. The molecule has 0 heterocycles. The molecule has 0 aliphatic carbocycles. The van der Waals surface area contributed by atoms with Gasteiger partial charge in [0.1, 0.15) is 11.6 Å². The van der Waals surface area contributed by atoms with E-state index in [2.05, 4.69) is 11.8 Å². The second-order valence-corrected chi connectivity index (χ2v) is 4.81. The number of halogens is 1. The molecule has 0 radical (unpaired) electrons. The lowest BCUT2D eigenvalue weighted by atomic mass is 10.1. The van der Waals surface area contributed by atoms with Crippen molar-refractivity contribution in [2.45, 2.75) is 19.4 Å². The molecule has 2 nitrogen and oxygen atoms in total. The van der Waals surface area contributed by atoms with Crippen molar-refractivity contribution < 1.29 is 9.50 Å². The quantitative estimate of drug-likeness (QED) is 0.906. The van der Waals surface area contributed by atoms with Gasteiger partial charge in [0.15, 0.2) is 0 Å². The molecule has 100 valence electrons. The Labute approximate surface area is 113 Å². The number of rotatable bonds is 4. The summed E-state index contributed by atoms with van der Waals surface area (Å²) >= 11 is 0. The first-order valence-corrected chi connectivity index (χ1v) is 6.32. The minimum Gasteiger partial charge on any atom is -0.508 e. The summed E-state index contributed by atoms with van der Waals surface area (Å²) in [4.78, 5) is 2.05. The molecule has 2 rings (SSSR count). The monoisotopic (exact) mass is 259 g/mol.